The summed E-state index contributed by atoms with van der Waals surface area (Å²) in [7, 11) is 0. The number of thiazole rings is 1. The Hall–Kier alpha value is -1.94. The van der Waals surface area contributed by atoms with Crippen LogP contribution in [0, 0.1) is 0 Å². The van der Waals surface area contributed by atoms with Gasteiger partial charge in [-0.2, -0.15) is 0 Å². The molecule has 0 saturated carbocycles. The van der Waals surface area contributed by atoms with Gasteiger partial charge in [0, 0.05) is 11.6 Å². The highest BCUT2D eigenvalue weighted by Crippen LogP contribution is 2.29. The number of hydrogen-bond donors (Lipinski definition) is 1. The smallest absolute Gasteiger partial charge is 0.328 e. The zero-order chi connectivity index (χ0) is 14.5. The van der Waals surface area contributed by atoms with Crippen molar-refractivity contribution in [2.24, 2.45) is 0 Å². The molecule has 3 nitrogen and oxygen atoms in total. The minimum absolute atomic E-state index is 0.794. The van der Waals surface area contributed by atoms with E-state index in [0.717, 1.165) is 40.1 Å². The van der Waals surface area contributed by atoms with Crippen LogP contribution >= 0.6 is 11.3 Å². The van der Waals surface area contributed by atoms with Crippen molar-refractivity contribution in [3.8, 4) is 10.6 Å². The molecule has 0 aliphatic heterocycles. The SMILES string of the molecule is CCc1ccc(-c2nc(CC)c(/C=C/C(=O)O)s2)cc1. The normalized spacial score (nSPS) is 11.1. The number of aryl methyl sites for hydroxylation is 2. The first-order valence-electron chi connectivity index (χ1n) is 6.64. The molecule has 0 spiro atoms. The van der Waals surface area contributed by atoms with Crippen LogP contribution in [0.25, 0.3) is 16.6 Å². The first kappa shape index (κ1) is 14.5. The fraction of sp³-hybridized carbons (Fsp3) is 0.250. The molecule has 1 aromatic heterocycles. The molecular formula is C16H17NO2S. The Labute approximate surface area is 122 Å². The number of rotatable bonds is 5. The number of carbonyl (C=O) groups is 1. The second-order valence-corrected chi connectivity index (χ2v) is 5.44. The molecule has 2 aromatic rings. The molecule has 1 aromatic carbocycles. The second-order valence-electron chi connectivity index (χ2n) is 4.41. The minimum Gasteiger partial charge on any atom is -0.478 e. The third-order valence-electron chi connectivity index (χ3n) is 3.05. The van der Waals surface area contributed by atoms with Gasteiger partial charge in [-0.05, 0) is 24.5 Å². The monoisotopic (exact) mass is 287 g/mol. The molecule has 0 saturated heterocycles. The lowest BCUT2D eigenvalue weighted by molar-refractivity contribution is -0.131. The maximum absolute atomic E-state index is 10.6. The Kier molecular flexibility index (Phi) is 4.69. The number of carboxylic acid groups (broad SMARTS) is 1. The highest BCUT2D eigenvalue weighted by Gasteiger charge is 2.09. The summed E-state index contributed by atoms with van der Waals surface area (Å²) in [6.45, 7) is 4.15. The van der Waals surface area contributed by atoms with Crippen LogP contribution in [0.2, 0.25) is 0 Å². The summed E-state index contributed by atoms with van der Waals surface area (Å²) in [5, 5.41) is 9.66. The summed E-state index contributed by atoms with van der Waals surface area (Å²) in [6.07, 6.45) is 4.60. The van der Waals surface area contributed by atoms with Gasteiger partial charge in [0.15, 0.2) is 0 Å². The van der Waals surface area contributed by atoms with E-state index >= 15 is 0 Å². The third kappa shape index (κ3) is 3.33. The fourth-order valence-electron chi connectivity index (χ4n) is 1.90. The van der Waals surface area contributed by atoms with Crippen molar-refractivity contribution in [3.63, 3.8) is 0 Å². The van der Waals surface area contributed by atoms with Crippen LogP contribution in [0.5, 0.6) is 0 Å². The molecular weight excluding hydrogens is 270 g/mol. The van der Waals surface area contributed by atoms with E-state index in [2.05, 4.69) is 36.2 Å². The summed E-state index contributed by atoms with van der Waals surface area (Å²) in [6, 6.07) is 8.35. The average molecular weight is 287 g/mol. The van der Waals surface area contributed by atoms with Crippen molar-refractivity contribution in [2.75, 3.05) is 0 Å². The molecule has 1 heterocycles. The molecule has 2 rings (SSSR count). The molecule has 0 atom stereocenters. The molecule has 0 unspecified atom stereocenters. The molecule has 0 radical (unpaired) electrons. The van der Waals surface area contributed by atoms with Crippen molar-refractivity contribution >= 4 is 23.4 Å². The standard InChI is InChI=1S/C16H17NO2S/c1-3-11-5-7-12(8-6-11)16-17-13(4-2)14(20-16)9-10-15(18)19/h5-10H,3-4H2,1-2H3,(H,18,19)/b10-9+. The van der Waals surface area contributed by atoms with Gasteiger partial charge in [0.1, 0.15) is 5.01 Å². The van der Waals surface area contributed by atoms with Gasteiger partial charge in [-0.3, -0.25) is 0 Å². The number of aromatic nitrogens is 1. The summed E-state index contributed by atoms with van der Waals surface area (Å²) < 4.78 is 0. The van der Waals surface area contributed by atoms with E-state index in [-0.39, 0.29) is 0 Å². The molecule has 0 aliphatic rings. The maximum atomic E-state index is 10.6. The van der Waals surface area contributed by atoms with Crippen LogP contribution in [0.1, 0.15) is 30.0 Å². The lowest BCUT2D eigenvalue weighted by atomic mass is 10.1. The van der Waals surface area contributed by atoms with E-state index < -0.39 is 5.97 Å². The molecule has 1 N–H and O–H groups in total. The highest BCUT2D eigenvalue weighted by molar-refractivity contribution is 7.16. The zero-order valence-electron chi connectivity index (χ0n) is 11.6. The number of aliphatic carboxylic acids is 1. The Morgan fingerprint density at radius 2 is 1.95 bits per heavy atom. The van der Waals surface area contributed by atoms with Gasteiger partial charge in [-0.15, -0.1) is 11.3 Å². The van der Waals surface area contributed by atoms with Crippen LogP contribution in [0.4, 0.5) is 0 Å². The van der Waals surface area contributed by atoms with Crippen LogP contribution in [0.15, 0.2) is 30.3 Å². The molecule has 4 heteroatoms. The summed E-state index contributed by atoms with van der Waals surface area (Å²) in [5.41, 5.74) is 3.32. The van der Waals surface area contributed by atoms with Gasteiger partial charge >= 0.3 is 5.97 Å². The van der Waals surface area contributed by atoms with E-state index in [1.807, 2.05) is 6.92 Å². The van der Waals surface area contributed by atoms with Gasteiger partial charge in [-0.1, -0.05) is 38.1 Å². The minimum atomic E-state index is -0.936. The topological polar surface area (TPSA) is 50.2 Å². The predicted molar refractivity (Wildman–Crippen MR) is 83.0 cm³/mol. The van der Waals surface area contributed by atoms with Crippen LogP contribution in [-0.4, -0.2) is 16.1 Å². The number of benzene rings is 1. The van der Waals surface area contributed by atoms with Crippen LogP contribution < -0.4 is 0 Å². The quantitative estimate of drug-likeness (QED) is 0.845. The van der Waals surface area contributed by atoms with E-state index in [1.165, 1.54) is 16.9 Å². The number of hydrogen-bond acceptors (Lipinski definition) is 3. The lowest BCUT2D eigenvalue weighted by Gasteiger charge is -1.98. The van der Waals surface area contributed by atoms with Crippen LogP contribution in [-0.2, 0) is 17.6 Å². The highest BCUT2D eigenvalue weighted by atomic mass is 32.1. The number of nitrogens with zero attached hydrogens (tertiary/aromatic N) is 1. The molecule has 20 heavy (non-hydrogen) atoms. The Morgan fingerprint density at radius 1 is 1.25 bits per heavy atom. The van der Waals surface area contributed by atoms with E-state index in [4.69, 9.17) is 5.11 Å². The Morgan fingerprint density at radius 3 is 2.50 bits per heavy atom. The van der Waals surface area contributed by atoms with Crippen molar-refractivity contribution in [1.29, 1.82) is 0 Å². The Bertz CT molecular complexity index is 626. The first-order valence-corrected chi connectivity index (χ1v) is 7.45. The maximum Gasteiger partial charge on any atom is 0.328 e. The molecule has 0 amide bonds. The van der Waals surface area contributed by atoms with E-state index in [1.54, 1.807) is 6.08 Å². The molecule has 104 valence electrons. The summed E-state index contributed by atoms with van der Waals surface area (Å²) >= 11 is 1.53. The zero-order valence-corrected chi connectivity index (χ0v) is 12.4. The van der Waals surface area contributed by atoms with Gasteiger partial charge in [-0.25, -0.2) is 9.78 Å². The first-order chi connectivity index (χ1) is 9.63. The van der Waals surface area contributed by atoms with Crippen molar-refractivity contribution in [2.45, 2.75) is 26.7 Å². The van der Waals surface area contributed by atoms with Gasteiger partial charge < -0.3 is 5.11 Å². The Balaban J connectivity index is 2.34. The van der Waals surface area contributed by atoms with Gasteiger partial charge in [0.2, 0.25) is 0 Å². The molecule has 0 fully saturated rings. The van der Waals surface area contributed by atoms with Crippen molar-refractivity contribution < 1.29 is 9.90 Å². The van der Waals surface area contributed by atoms with Crippen molar-refractivity contribution in [1.82, 2.24) is 4.98 Å². The molecule has 0 aliphatic carbocycles. The molecule has 0 bridgehead atoms. The van der Waals surface area contributed by atoms with Gasteiger partial charge in [0.25, 0.3) is 0 Å². The van der Waals surface area contributed by atoms with Crippen molar-refractivity contribution in [3.05, 3.63) is 46.5 Å². The van der Waals surface area contributed by atoms with Crippen LogP contribution in [0.3, 0.4) is 0 Å². The summed E-state index contributed by atoms with van der Waals surface area (Å²) in [5.74, 6) is -0.936. The predicted octanol–water partition coefficient (Wildman–Crippen LogP) is 4.03. The lowest BCUT2D eigenvalue weighted by Crippen LogP contribution is -1.87. The largest absolute Gasteiger partial charge is 0.478 e. The van der Waals surface area contributed by atoms with E-state index in [9.17, 15) is 4.79 Å². The van der Waals surface area contributed by atoms with E-state index in [0.29, 0.717) is 0 Å². The van der Waals surface area contributed by atoms with Gasteiger partial charge in [0.05, 0.1) is 10.6 Å². The summed E-state index contributed by atoms with van der Waals surface area (Å²) in [4.78, 5) is 16.1. The second kappa shape index (κ2) is 6.48. The average Bonchev–Trinajstić information content (AvgIpc) is 2.88. The third-order valence-corrected chi connectivity index (χ3v) is 4.16. The number of carboxylic acids is 1. The fourth-order valence-corrected chi connectivity index (χ4v) is 2.96.